The molecular weight excluding hydrogens is 422 g/mol. The molecule has 1 fully saturated rings. The van der Waals surface area contributed by atoms with Crippen LogP contribution in [0.4, 0.5) is 0 Å². The highest BCUT2D eigenvalue weighted by atomic mass is 35.5. The lowest BCUT2D eigenvalue weighted by Crippen LogP contribution is -2.40. The van der Waals surface area contributed by atoms with E-state index < -0.39 is 9.84 Å². The molecule has 1 atom stereocenters. The van der Waals surface area contributed by atoms with Gasteiger partial charge in [0.2, 0.25) is 0 Å². The molecule has 1 aliphatic rings. The van der Waals surface area contributed by atoms with Crippen LogP contribution in [-0.4, -0.2) is 36.8 Å². The number of sulfone groups is 1. The Hall–Kier alpha value is -2.57. The summed E-state index contributed by atoms with van der Waals surface area (Å²) in [4.78, 5) is 15.0. The molecule has 7 heteroatoms. The van der Waals surface area contributed by atoms with Crippen molar-refractivity contribution in [2.24, 2.45) is 0 Å². The predicted molar refractivity (Wildman–Crippen MR) is 117 cm³/mol. The Balaban J connectivity index is 1.63. The summed E-state index contributed by atoms with van der Waals surface area (Å²) < 4.78 is 30.1. The van der Waals surface area contributed by atoms with Gasteiger partial charge in [0.25, 0.3) is 5.91 Å². The first-order chi connectivity index (χ1) is 14.3. The van der Waals surface area contributed by atoms with E-state index in [0.29, 0.717) is 28.5 Å². The van der Waals surface area contributed by atoms with Crippen molar-refractivity contribution in [2.75, 3.05) is 11.5 Å². The molecule has 1 aliphatic heterocycles. The lowest BCUT2D eigenvalue weighted by molar-refractivity contribution is 0.0666. The molecule has 156 valence electrons. The lowest BCUT2D eigenvalue weighted by atomic mass is 10.1. The van der Waals surface area contributed by atoms with Crippen molar-refractivity contribution in [3.63, 3.8) is 0 Å². The van der Waals surface area contributed by atoms with Crippen molar-refractivity contribution < 1.29 is 17.6 Å². The van der Waals surface area contributed by atoms with Crippen LogP contribution < -0.4 is 0 Å². The number of aryl methyl sites for hydroxylation is 1. The molecule has 2 aromatic carbocycles. The second-order valence-corrected chi connectivity index (χ2v) is 10.2. The number of halogens is 1. The molecule has 0 unspecified atom stereocenters. The predicted octanol–water partition coefficient (Wildman–Crippen LogP) is 4.74. The van der Waals surface area contributed by atoms with Crippen LogP contribution in [0.15, 0.2) is 65.1 Å². The Bertz CT molecular complexity index is 1170. The fraction of sp³-hybridized carbons (Fsp3) is 0.261. The molecule has 3 aromatic rings. The molecule has 2 heterocycles. The zero-order valence-corrected chi connectivity index (χ0v) is 18.1. The maximum Gasteiger partial charge on any atom is 0.254 e. The Kier molecular flexibility index (Phi) is 5.71. The molecule has 30 heavy (non-hydrogen) atoms. The standard InChI is InChI=1S/C23H22ClNO4S/c1-16-4-2-3-5-21(16)23(26)25(19-12-13-30(27,28)15-19)14-20-10-11-22(29-20)17-6-8-18(24)9-7-17/h2-11,19H,12-15H2,1H3/t19-/m0/s1. The van der Waals surface area contributed by atoms with Crippen molar-refractivity contribution in [3.05, 3.63) is 82.6 Å². The van der Waals surface area contributed by atoms with E-state index in [1.165, 1.54) is 0 Å². The van der Waals surface area contributed by atoms with E-state index in [0.717, 1.165) is 11.1 Å². The van der Waals surface area contributed by atoms with Crippen LogP contribution in [0.5, 0.6) is 0 Å². The van der Waals surface area contributed by atoms with E-state index in [9.17, 15) is 13.2 Å². The van der Waals surface area contributed by atoms with Crippen molar-refractivity contribution in [1.82, 2.24) is 4.90 Å². The van der Waals surface area contributed by atoms with Gasteiger partial charge >= 0.3 is 0 Å². The number of hydrogen-bond donors (Lipinski definition) is 0. The summed E-state index contributed by atoms with van der Waals surface area (Å²) in [5.74, 6) is 1.17. The number of rotatable bonds is 5. The number of hydrogen-bond acceptors (Lipinski definition) is 4. The molecule has 5 nitrogen and oxygen atoms in total. The summed E-state index contributed by atoms with van der Waals surface area (Å²) in [5, 5.41) is 0.642. The Morgan fingerprint density at radius 2 is 1.83 bits per heavy atom. The number of nitrogens with zero attached hydrogens (tertiary/aromatic N) is 1. The zero-order chi connectivity index (χ0) is 21.3. The maximum absolute atomic E-state index is 13.4. The quantitative estimate of drug-likeness (QED) is 0.571. The molecule has 1 saturated heterocycles. The molecule has 0 aliphatic carbocycles. The van der Waals surface area contributed by atoms with Gasteiger partial charge in [0.15, 0.2) is 9.84 Å². The minimum atomic E-state index is -3.14. The number of benzene rings is 2. The molecule has 0 N–H and O–H groups in total. The molecule has 1 aromatic heterocycles. The van der Waals surface area contributed by atoms with Gasteiger partial charge in [-0.15, -0.1) is 0 Å². The van der Waals surface area contributed by atoms with Crippen LogP contribution in [0, 0.1) is 6.92 Å². The van der Waals surface area contributed by atoms with Gasteiger partial charge in [-0.3, -0.25) is 4.79 Å². The molecule has 0 spiro atoms. The number of amides is 1. The normalized spacial score (nSPS) is 17.7. The third kappa shape index (κ3) is 4.45. The third-order valence-electron chi connectivity index (χ3n) is 5.40. The molecule has 0 bridgehead atoms. The summed E-state index contributed by atoms with van der Waals surface area (Å²) in [6.45, 7) is 2.09. The minimum Gasteiger partial charge on any atom is -0.459 e. The summed E-state index contributed by atoms with van der Waals surface area (Å²) in [7, 11) is -3.14. The topological polar surface area (TPSA) is 67.6 Å². The van der Waals surface area contributed by atoms with Crippen molar-refractivity contribution in [2.45, 2.75) is 25.9 Å². The van der Waals surface area contributed by atoms with Crippen molar-refractivity contribution in [1.29, 1.82) is 0 Å². The smallest absolute Gasteiger partial charge is 0.254 e. The fourth-order valence-electron chi connectivity index (χ4n) is 3.76. The first-order valence-electron chi connectivity index (χ1n) is 9.74. The fourth-order valence-corrected chi connectivity index (χ4v) is 5.61. The molecule has 0 radical (unpaired) electrons. The van der Waals surface area contributed by atoms with Crippen LogP contribution in [0.1, 0.15) is 28.1 Å². The number of carbonyl (C=O) groups is 1. The molecule has 1 amide bonds. The van der Waals surface area contributed by atoms with Crippen LogP contribution >= 0.6 is 11.6 Å². The zero-order valence-electron chi connectivity index (χ0n) is 16.5. The van der Waals surface area contributed by atoms with E-state index in [1.807, 2.05) is 49.4 Å². The highest BCUT2D eigenvalue weighted by Crippen LogP contribution is 2.27. The van der Waals surface area contributed by atoms with Gasteiger partial charge in [-0.25, -0.2) is 8.42 Å². The maximum atomic E-state index is 13.4. The Labute approximate surface area is 181 Å². The second-order valence-electron chi connectivity index (χ2n) is 7.58. The van der Waals surface area contributed by atoms with Gasteiger partial charge in [-0.2, -0.15) is 0 Å². The van der Waals surface area contributed by atoms with E-state index in [-0.39, 0.29) is 30.0 Å². The van der Waals surface area contributed by atoms with Crippen LogP contribution in [0.25, 0.3) is 11.3 Å². The summed E-state index contributed by atoms with van der Waals surface area (Å²) in [5.41, 5.74) is 2.31. The van der Waals surface area contributed by atoms with Gasteiger partial charge in [0.05, 0.1) is 18.1 Å². The third-order valence-corrected chi connectivity index (χ3v) is 7.40. The lowest BCUT2D eigenvalue weighted by Gasteiger charge is -2.28. The van der Waals surface area contributed by atoms with Gasteiger partial charge in [-0.1, -0.05) is 29.8 Å². The number of carbonyl (C=O) groups excluding carboxylic acids is 1. The van der Waals surface area contributed by atoms with Crippen molar-refractivity contribution >= 4 is 27.3 Å². The van der Waals surface area contributed by atoms with Crippen molar-refractivity contribution in [3.8, 4) is 11.3 Å². The van der Waals surface area contributed by atoms with Gasteiger partial charge < -0.3 is 9.32 Å². The average Bonchev–Trinajstić information content (AvgIpc) is 3.33. The van der Waals surface area contributed by atoms with E-state index in [1.54, 1.807) is 23.1 Å². The van der Waals surface area contributed by atoms with Gasteiger partial charge in [-0.05, 0) is 61.4 Å². The Morgan fingerprint density at radius 1 is 1.10 bits per heavy atom. The van der Waals surface area contributed by atoms with E-state index in [4.69, 9.17) is 16.0 Å². The number of furan rings is 1. The highest BCUT2D eigenvalue weighted by molar-refractivity contribution is 7.91. The van der Waals surface area contributed by atoms with Crippen LogP contribution in [0.2, 0.25) is 5.02 Å². The highest BCUT2D eigenvalue weighted by Gasteiger charge is 2.35. The summed E-state index contributed by atoms with van der Waals surface area (Å²) in [6.07, 6.45) is 0.435. The van der Waals surface area contributed by atoms with Gasteiger partial charge in [0.1, 0.15) is 11.5 Å². The van der Waals surface area contributed by atoms with Gasteiger partial charge in [0, 0.05) is 22.2 Å². The molecule has 4 rings (SSSR count). The molecule has 0 saturated carbocycles. The first-order valence-corrected chi connectivity index (χ1v) is 11.9. The minimum absolute atomic E-state index is 0.0185. The summed E-state index contributed by atoms with van der Waals surface area (Å²) in [6, 6.07) is 18.0. The van der Waals surface area contributed by atoms with Crippen LogP contribution in [0.3, 0.4) is 0 Å². The molecular formula is C23H22ClNO4S. The second kappa shape index (κ2) is 8.28. The van der Waals surface area contributed by atoms with Crippen LogP contribution in [-0.2, 0) is 16.4 Å². The van der Waals surface area contributed by atoms with E-state index >= 15 is 0 Å². The SMILES string of the molecule is Cc1ccccc1C(=O)N(Cc1ccc(-c2ccc(Cl)cc2)o1)[C@H]1CCS(=O)(=O)C1. The average molecular weight is 444 g/mol. The monoisotopic (exact) mass is 443 g/mol. The largest absolute Gasteiger partial charge is 0.459 e. The summed E-state index contributed by atoms with van der Waals surface area (Å²) >= 11 is 5.95. The first kappa shape index (κ1) is 20.7. The van der Waals surface area contributed by atoms with E-state index in [2.05, 4.69) is 0 Å². The Morgan fingerprint density at radius 3 is 2.50 bits per heavy atom.